The molecule has 0 bridgehead atoms. The predicted molar refractivity (Wildman–Crippen MR) is 72.3 cm³/mol. The summed E-state index contributed by atoms with van der Waals surface area (Å²) in [6.45, 7) is 2.22. The van der Waals surface area contributed by atoms with E-state index in [-0.39, 0.29) is 12.7 Å². The lowest BCUT2D eigenvalue weighted by atomic mass is 9.89. The fraction of sp³-hybridized carbons (Fsp3) is 0.467. The minimum atomic E-state index is -0.377. The highest BCUT2D eigenvalue weighted by Crippen LogP contribution is 2.32. The average molecular weight is 274 g/mol. The number of aliphatic hydroxyl groups excluding tert-OH is 1. The Bertz CT molecular complexity index is 595. The number of rotatable bonds is 4. The molecule has 1 aromatic carbocycles. The summed E-state index contributed by atoms with van der Waals surface area (Å²) in [6, 6.07) is 5.86. The molecule has 106 valence electrons. The summed E-state index contributed by atoms with van der Waals surface area (Å²) in [5.74, 6) is 1.88. The lowest BCUT2D eigenvalue weighted by Gasteiger charge is -2.21. The van der Waals surface area contributed by atoms with E-state index >= 15 is 0 Å². The van der Waals surface area contributed by atoms with Gasteiger partial charge in [0, 0.05) is 6.42 Å². The number of fused-ring (bicyclic) bond motifs is 1. The quantitative estimate of drug-likeness (QED) is 0.928. The first kappa shape index (κ1) is 13.1. The highest BCUT2D eigenvalue weighted by Gasteiger charge is 2.18. The summed E-state index contributed by atoms with van der Waals surface area (Å²) in [6.07, 6.45) is 3.25. The van der Waals surface area contributed by atoms with E-state index < -0.39 is 0 Å². The minimum Gasteiger partial charge on any atom is -0.484 e. The first-order chi connectivity index (χ1) is 9.76. The molecule has 20 heavy (non-hydrogen) atoms. The van der Waals surface area contributed by atoms with E-state index in [0.29, 0.717) is 11.7 Å². The first-order valence-corrected chi connectivity index (χ1v) is 7.01. The van der Waals surface area contributed by atoms with Crippen molar-refractivity contribution in [3.63, 3.8) is 0 Å². The van der Waals surface area contributed by atoms with Gasteiger partial charge in [0.1, 0.15) is 5.75 Å². The van der Waals surface area contributed by atoms with Crippen LogP contribution in [-0.4, -0.2) is 15.2 Å². The Kier molecular flexibility index (Phi) is 3.69. The number of hydrogen-bond acceptors (Lipinski definition) is 5. The summed E-state index contributed by atoms with van der Waals surface area (Å²) >= 11 is 0. The summed E-state index contributed by atoms with van der Waals surface area (Å²) in [5, 5.41) is 13.8. The monoisotopic (exact) mass is 274 g/mol. The van der Waals surface area contributed by atoms with Gasteiger partial charge in [-0.2, -0.15) is 4.98 Å². The Morgan fingerprint density at radius 2 is 2.35 bits per heavy atom. The van der Waals surface area contributed by atoms with Gasteiger partial charge in [-0.3, -0.25) is 0 Å². The van der Waals surface area contributed by atoms with E-state index in [0.717, 1.165) is 37.0 Å². The van der Waals surface area contributed by atoms with E-state index in [4.69, 9.17) is 9.26 Å². The molecule has 2 aromatic rings. The molecule has 0 saturated carbocycles. The van der Waals surface area contributed by atoms with E-state index in [1.807, 2.05) is 25.1 Å². The second kappa shape index (κ2) is 5.63. The van der Waals surface area contributed by atoms with Gasteiger partial charge in [0.15, 0.2) is 12.4 Å². The number of aliphatic hydroxyl groups is 1. The molecular formula is C15H18N2O3. The first-order valence-electron chi connectivity index (χ1n) is 7.01. The number of hydrogen-bond donors (Lipinski definition) is 1. The van der Waals surface area contributed by atoms with Gasteiger partial charge >= 0.3 is 0 Å². The normalized spacial score (nSPS) is 17.8. The number of ether oxygens (including phenoxy) is 1. The Morgan fingerprint density at radius 1 is 1.45 bits per heavy atom. The maximum atomic E-state index is 10.0. The summed E-state index contributed by atoms with van der Waals surface area (Å²) < 4.78 is 10.7. The largest absolute Gasteiger partial charge is 0.484 e. The molecule has 1 aliphatic rings. The van der Waals surface area contributed by atoms with Crippen LogP contribution in [-0.2, 0) is 19.4 Å². The van der Waals surface area contributed by atoms with Crippen LogP contribution < -0.4 is 4.74 Å². The molecule has 5 heteroatoms. The Labute approximate surface area is 117 Å². The fourth-order valence-corrected chi connectivity index (χ4v) is 2.48. The van der Waals surface area contributed by atoms with Crippen LogP contribution in [0.5, 0.6) is 5.75 Å². The zero-order chi connectivity index (χ0) is 13.9. The average Bonchev–Trinajstić information content (AvgIpc) is 2.94. The minimum absolute atomic E-state index is 0.252. The summed E-state index contributed by atoms with van der Waals surface area (Å²) in [7, 11) is 0. The number of aromatic nitrogens is 2. The van der Waals surface area contributed by atoms with Crippen LogP contribution in [0, 0.1) is 0 Å². The number of nitrogens with zero attached hydrogens (tertiary/aromatic N) is 2. The van der Waals surface area contributed by atoms with Gasteiger partial charge in [0.25, 0.3) is 5.89 Å². The van der Waals surface area contributed by atoms with Crippen LogP contribution in [0.2, 0.25) is 0 Å². The molecular weight excluding hydrogens is 256 g/mol. The maximum Gasteiger partial charge on any atom is 0.264 e. The summed E-state index contributed by atoms with van der Waals surface area (Å²) in [5.41, 5.74) is 2.19. The Balaban J connectivity index is 1.70. The van der Waals surface area contributed by atoms with E-state index in [1.54, 1.807) is 0 Å². The molecule has 0 fully saturated rings. The molecule has 1 atom stereocenters. The standard InChI is InChI=1S/C15H18N2O3/c1-2-14-16-15(20-17-14)9-19-11-7-6-10-4-3-5-13(18)12(10)8-11/h6-8,13,18H,2-5,9H2,1H3/t13-/m0/s1. The summed E-state index contributed by atoms with van der Waals surface area (Å²) in [4.78, 5) is 4.19. The van der Waals surface area contributed by atoms with Crippen LogP contribution >= 0.6 is 0 Å². The van der Waals surface area contributed by atoms with Crippen molar-refractivity contribution in [3.05, 3.63) is 41.0 Å². The van der Waals surface area contributed by atoms with Crippen molar-refractivity contribution >= 4 is 0 Å². The SMILES string of the molecule is CCc1noc(COc2ccc3c(c2)[C@@H](O)CCC3)n1. The van der Waals surface area contributed by atoms with Crippen LogP contribution in [0.1, 0.15) is 48.7 Å². The van der Waals surface area contributed by atoms with Crippen molar-refractivity contribution < 1.29 is 14.4 Å². The third-order valence-corrected chi connectivity index (χ3v) is 3.59. The lowest BCUT2D eigenvalue weighted by Crippen LogP contribution is -2.09. The van der Waals surface area contributed by atoms with Crippen molar-refractivity contribution in [1.82, 2.24) is 10.1 Å². The molecule has 0 saturated heterocycles. The van der Waals surface area contributed by atoms with Crippen molar-refractivity contribution in [2.75, 3.05) is 0 Å². The van der Waals surface area contributed by atoms with E-state index in [2.05, 4.69) is 10.1 Å². The van der Waals surface area contributed by atoms with Gasteiger partial charge in [-0.15, -0.1) is 0 Å². The Morgan fingerprint density at radius 3 is 3.15 bits per heavy atom. The molecule has 0 spiro atoms. The van der Waals surface area contributed by atoms with E-state index in [1.165, 1.54) is 5.56 Å². The highest BCUT2D eigenvalue weighted by atomic mass is 16.5. The van der Waals surface area contributed by atoms with Gasteiger partial charge < -0.3 is 14.4 Å². The van der Waals surface area contributed by atoms with Crippen LogP contribution in [0.4, 0.5) is 0 Å². The van der Waals surface area contributed by atoms with Gasteiger partial charge in [-0.05, 0) is 42.5 Å². The van der Waals surface area contributed by atoms with Gasteiger partial charge in [0.2, 0.25) is 0 Å². The van der Waals surface area contributed by atoms with Gasteiger partial charge in [0.05, 0.1) is 6.10 Å². The molecule has 5 nitrogen and oxygen atoms in total. The van der Waals surface area contributed by atoms with Crippen molar-refractivity contribution in [3.8, 4) is 5.75 Å². The molecule has 3 rings (SSSR count). The van der Waals surface area contributed by atoms with E-state index in [9.17, 15) is 5.11 Å². The lowest BCUT2D eigenvalue weighted by molar-refractivity contribution is 0.155. The van der Waals surface area contributed by atoms with Crippen LogP contribution in [0.15, 0.2) is 22.7 Å². The van der Waals surface area contributed by atoms with Gasteiger partial charge in [-0.1, -0.05) is 18.1 Å². The topological polar surface area (TPSA) is 68.4 Å². The molecule has 1 aliphatic carbocycles. The smallest absolute Gasteiger partial charge is 0.264 e. The highest BCUT2D eigenvalue weighted by molar-refractivity contribution is 5.38. The second-order valence-electron chi connectivity index (χ2n) is 5.02. The van der Waals surface area contributed by atoms with Gasteiger partial charge in [-0.25, -0.2) is 0 Å². The Hall–Kier alpha value is -1.88. The molecule has 1 N–H and O–H groups in total. The molecule has 1 aromatic heterocycles. The zero-order valence-corrected chi connectivity index (χ0v) is 11.5. The number of aryl methyl sites for hydroxylation is 2. The predicted octanol–water partition coefficient (Wildman–Crippen LogP) is 2.58. The number of benzene rings is 1. The third kappa shape index (κ3) is 2.67. The fourth-order valence-electron chi connectivity index (χ4n) is 2.48. The third-order valence-electron chi connectivity index (χ3n) is 3.59. The molecule has 0 radical (unpaired) electrons. The van der Waals surface area contributed by atoms with Crippen molar-refractivity contribution in [1.29, 1.82) is 0 Å². The molecule has 0 unspecified atom stereocenters. The van der Waals surface area contributed by atoms with Crippen LogP contribution in [0.3, 0.4) is 0 Å². The zero-order valence-electron chi connectivity index (χ0n) is 11.5. The van der Waals surface area contributed by atoms with Crippen molar-refractivity contribution in [2.45, 2.75) is 45.3 Å². The molecule has 0 aliphatic heterocycles. The molecule has 1 heterocycles. The second-order valence-corrected chi connectivity index (χ2v) is 5.02. The maximum absolute atomic E-state index is 10.0. The van der Waals surface area contributed by atoms with Crippen molar-refractivity contribution in [2.24, 2.45) is 0 Å². The molecule has 0 amide bonds. The van der Waals surface area contributed by atoms with Crippen LogP contribution in [0.25, 0.3) is 0 Å².